The van der Waals surface area contributed by atoms with Crippen molar-refractivity contribution < 1.29 is 9.84 Å². The second-order valence-electron chi connectivity index (χ2n) is 8.61. The first-order valence-electron chi connectivity index (χ1n) is 8.93. The number of hydrogen-bond donors (Lipinski definition) is 1. The van der Waals surface area contributed by atoms with Crippen molar-refractivity contribution in [1.29, 1.82) is 0 Å². The fourth-order valence-electron chi connectivity index (χ4n) is 5.21. The minimum atomic E-state index is -0.421. The fraction of sp³-hybridized carbons (Fsp3) is 1.00. The molecule has 3 rings (SSSR count). The van der Waals surface area contributed by atoms with E-state index >= 15 is 0 Å². The van der Waals surface area contributed by atoms with E-state index in [1.54, 1.807) is 0 Å². The van der Waals surface area contributed by atoms with Crippen LogP contribution in [0.25, 0.3) is 0 Å². The molecule has 0 bridgehead atoms. The van der Waals surface area contributed by atoms with Crippen LogP contribution in [0.15, 0.2) is 0 Å². The normalized spacial score (nSPS) is 42.7. The van der Waals surface area contributed by atoms with E-state index in [2.05, 4.69) is 18.7 Å². The molecule has 2 unspecified atom stereocenters. The Labute approximate surface area is 130 Å². The van der Waals surface area contributed by atoms with E-state index in [4.69, 9.17) is 4.74 Å². The topological polar surface area (TPSA) is 32.7 Å². The van der Waals surface area contributed by atoms with Crippen LogP contribution < -0.4 is 0 Å². The van der Waals surface area contributed by atoms with Crippen molar-refractivity contribution in [2.45, 2.75) is 89.6 Å². The Morgan fingerprint density at radius 3 is 2.33 bits per heavy atom. The molecule has 3 aliphatic rings. The molecule has 1 N–H and O–H groups in total. The van der Waals surface area contributed by atoms with E-state index in [0.29, 0.717) is 0 Å². The number of fused-ring (bicyclic) bond motifs is 1. The monoisotopic (exact) mass is 295 g/mol. The number of piperidine rings is 1. The SMILES string of the molecule is CC1(C)OC(C)(C)C(CN2CCC[C@H]3CCCC[C@H]32)C1O. The first-order chi connectivity index (χ1) is 9.81. The largest absolute Gasteiger partial charge is 0.390 e. The number of ether oxygens (including phenoxy) is 1. The van der Waals surface area contributed by atoms with E-state index in [9.17, 15) is 5.11 Å². The standard InChI is InChI=1S/C18H33NO2/c1-17(2)14(16(20)18(3,4)21-17)12-19-11-7-9-13-8-5-6-10-15(13)19/h13-16,20H,5-12H2,1-4H3/t13-,14?,15-,16?/m1/s1. The summed E-state index contributed by atoms with van der Waals surface area (Å²) in [6.45, 7) is 10.6. The predicted octanol–water partition coefficient (Wildman–Crippen LogP) is 3.21. The van der Waals surface area contributed by atoms with E-state index in [1.807, 2.05) is 13.8 Å². The molecule has 3 fully saturated rings. The van der Waals surface area contributed by atoms with Gasteiger partial charge in [-0.1, -0.05) is 12.8 Å². The maximum atomic E-state index is 10.7. The Kier molecular flexibility index (Phi) is 4.13. The van der Waals surface area contributed by atoms with Gasteiger partial charge in [0.15, 0.2) is 0 Å². The zero-order valence-electron chi connectivity index (χ0n) is 14.3. The molecule has 0 aromatic rings. The Balaban J connectivity index is 1.73. The average Bonchev–Trinajstić information content (AvgIpc) is 2.57. The quantitative estimate of drug-likeness (QED) is 0.849. The summed E-state index contributed by atoms with van der Waals surface area (Å²) in [5, 5.41) is 10.7. The van der Waals surface area contributed by atoms with Gasteiger partial charge in [0.1, 0.15) is 0 Å². The molecule has 3 heteroatoms. The molecule has 0 amide bonds. The van der Waals surface area contributed by atoms with Crippen molar-refractivity contribution in [3.8, 4) is 0 Å². The summed E-state index contributed by atoms with van der Waals surface area (Å²) in [4.78, 5) is 2.69. The first kappa shape index (κ1) is 15.8. The van der Waals surface area contributed by atoms with Crippen LogP contribution in [0.2, 0.25) is 0 Å². The number of nitrogens with zero attached hydrogens (tertiary/aromatic N) is 1. The van der Waals surface area contributed by atoms with Gasteiger partial charge in [0.25, 0.3) is 0 Å². The third kappa shape index (κ3) is 2.89. The van der Waals surface area contributed by atoms with Crippen molar-refractivity contribution in [2.75, 3.05) is 13.1 Å². The van der Waals surface area contributed by atoms with Crippen molar-refractivity contribution in [3.05, 3.63) is 0 Å². The highest BCUT2D eigenvalue weighted by atomic mass is 16.5. The van der Waals surface area contributed by atoms with Crippen LogP contribution in [0.1, 0.15) is 66.2 Å². The Morgan fingerprint density at radius 2 is 1.67 bits per heavy atom. The third-order valence-electron chi connectivity index (χ3n) is 6.30. The van der Waals surface area contributed by atoms with Crippen molar-refractivity contribution >= 4 is 0 Å². The summed E-state index contributed by atoms with van der Waals surface area (Å²) in [5.41, 5.74) is -0.652. The molecular weight excluding hydrogens is 262 g/mol. The van der Waals surface area contributed by atoms with E-state index in [1.165, 1.54) is 45.1 Å². The van der Waals surface area contributed by atoms with Gasteiger partial charge in [-0.15, -0.1) is 0 Å². The van der Waals surface area contributed by atoms with Gasteiger partial charge < -0.3 is 9.84 Å². The second-order valence-corrected chi connectivity index (χ2v) is 8.61. The van der Waals surface area contributed by atoms with Crippen molar-refractivity contribution in [3.63, 3.8) is 0 Å². The number of likely N-dealkylation sites (tertiary alicyclic amines) is 1. The minimum Gasteiger partial charge on any atom is -0.390 e. The maximum Gasteiger partial charge on any atom is 0.0896 e. The highest BCUT2D eigenvalue weighted by Gasteiger charge is 2.54. The third-order valence-corrected chi connectivity index (χ3v) is 6.30. The molecule has 4 atom stereocenters. The van der Waals surface area contributed by atoms with E-state index in [0.717, 1.165) is 18.5 Å². The van der Waals surface area contributed by atoms with Crippen LogP contribution in [-0.2, 0) is 4.74 Å². The van der Waals surface area contributed by atoms with Gasteiger partial charge in [-0.2, -0.15) is 0 Å². The van der Waals surface area contributed by atoms with Crippen LogP contribution in [0.4, 0.5) is 0 Å². The fourth-order valence-corrected chi connectivity index (χ4v) is 5.21. The lowest BCUT2D eigenvalue weighted by atomic mass is 9.77. The molecule has 0 radical (unpaired) electrons. The highest BCUT2D eigenvalue weighted by Crippen LogP contribution is 2.44. The van der Waals surface area contributed by atoms with Gasteiger partial charge >= 0.3 is 0 Å². The molecule has 0 spiro atoms. The van der Waals surface area contributed by atoms with Crippen LogP contribution in [0, 0.1) is 11.8 Å². The molecule has 0 aromatic carbocycles. The Hall–Kier alpha value is -0.120. The predicted molar refractivity (Wildman–Crippen MR) is 85.3 cm³/mol. The average molecular weight is 295 g/mol. The zero-order chi connectivity index (χ0) is 15.3. The molecule has 2 heterocycles. The minimum absolute atomic E-state index is 0.216. The van der Waals surface area contributed by atoms with Crippen LogP contribution in [0.5, 0.6) is 0 Å². The van der Waals surface area contributed by atoms with Crippen LogP contribution in [0.3, 0.4) is 0 Å². The summed E-state index contributed by atoms with van der Waals surface area (Å²) in [6, 6.07) is 0.763. The van der Waals surface area contributed by atoms with E-state index < -0.39 is 5.60 Å². The number of aliphatic hydroxyl groups excluding tert-OH is 1. The lowest BCUT2D eigenvalue weighted by molar-refractivity contribution is -0.0920. The maximum absolute atomic E-state index is 10.7. The number of aliphatic hydroxyl groups is 1. The van der Waals surface area contributed by atoms with Gasteiger partial charge in [-0.3, -0.25) is 4.90 Å². The second kappa shape index (κ2) is 5.50. The Bertz CT molecular complexity index is 377. The summed E-state index contributed by atoms with van der Waals surface area (Å²) < 4.78 is 6.16. The van der Waals surface area contributed by atoms with Crippen LogP contribution in [-0.4, -0.2) is 46.4 Å². The van der Waals surface area contributed by atoms with Gasteiger partial charge in [0.05, 0.1) is 17.3 Å². The summed E-state index contributed by atoms with van der Waals surface area (Å²) in [6.07, 6.45) is 7.96. The van der Waals surface area contributed by atoms with Crippen LogP contribution >= 0.6 is 0 Å². The van der Waals surface area contributed by atoms with Gasteiger partial charge in [0, 0.05) is 18.5 Å². The molecule has 21 heavy (non-hydrogen) atoms. The molecule has 3 nitrogen and oxygen atoms in total. The van der Waals surface area contributed by atoms with E-state index in [-0.39, 0.29) is 17.6 Å². The molecule has 0 aromatic heterocycles. The first-order valence-corrected chi connectivity index (χ1v) is 8.93. The lowest BCUT2D eigenvalue weighted by Crippen LogP contribution is -2.52. The highest BCUT2D eigenvalue weighted by molar-refractivity contribution is 5.03. The molecule has 1 saturated carbocycles. The summed E-state index contributed by atoms with van der Waals surface area (Å²) >= 11 is 0. The summed E-state index contributed by atoms with van der Waals surface area (Å²) in [5.74, 6) is 1.12. The van der Waals surface area contributed by atoms with Gasteiger partial charge in [-0.05, 0) is 65.8 Å². The molecule has 2 aliphatic heterocycles. The van der Waals surface area contributed by atoms with Crippen molar-refractivity contribution in [2.24, 2.45) is 11.8 Å². The lowest BCUT2D eigenvalue weighted by Gasteiger charge is -2.46. The van der Waals surface area contributed by atoms with Gasteiger partial charge in [0.2, 0.25) is 0 Å². The molecule has 1 aliphatic carbocycles. The van der Waals surface area contributed by atoms with Crippen molar-refractivity contribution in [1.82, 2.24) is 4.90 Å². The number of hydrogen-bond acceptors (Lipinski definition) is 3. The van der Waals surface area contributed by atoms with Gasteiger partial charge in [-0.25, -0.2) is 0 Å². The molecule has 2 saturated heterocycles. The summed E-state index contributed by atoms with van der Waals surface area (Å²) in [7, 11) is 0. The smallest absolute Gasteiger partial charge is 0.0896 e. The zero-order valence-corrected chi connectivity index (χ0v) is 14.3. The Morgan fingerprint density at radius 1 is 1.00 bits per heavy atom. The number of rotatable bonds is 2. The molecule has 122 valence electrons. The molecular formula is C18H33NO2.